The molecule has 0 fully saturated rings. The van der Waals surface area contributed by atoms with Crippen LogP contribution in [0, 0.1) is 0 Å². The molecule has 0 atom stereocenters. The van der Waals surface area contributed by atoms with Gasteiger partial charge >= 0.3 is 0 Å². The molecule has 84 valence electrons. The van der Waals surface area contributed by atoms with Crippen LogP contribution in [-0.2, 0) is 0 Å². The van der Waals surface area contributed by atoms with E-state index in [0.29, 0.717) is 11.2 Å². The second-order valence-corrected chi connectivity index (χ2v) is 4.70. The zero-order valence-corrected chi connectivity index (χ0v) is 9.53. The minimum atomic E-state index is -0.197. The Morgan fingerprint density at radius 3 is 2.75 bits per heavy atom. The van der Waals surface area contributed by atoms with Gasteiger partial charge in [0.1, 0.15) is 0 Å². The van der Waals surface area contributed by atoms with Crippen molar-refractivity contribution in [2.75, 3.05) is 5.32 Å². The molecule has 2 heterocycles. The molecule has 2 N–H and O–H groups in total. The number of hydrogen-bond acceptors (Lipinski definition) is 4. The SMILES string of the molecule is CC(C)(C)Nc1n[nH]c(=O)c2ccncc12. The van der Waals surface area contributed by atoms with Crippen LogP contribution in [0.4, 0.5) is 5.82 Å². The second-order valence-electron chi connectivity index (χ2n) is 4.70. The highest BCUT2D eigenvalue weighted by atomic mass is 16.1. The topological polar surface area (TPSA) is 70.7 Å². The van der Waals surface area contributed by atoms with Crippen molar-refractivity contribution in [3.63, 3.8) is 0 Å². The Kier molecular flexibility index (Phi) is 2.38. The summed E-state index contributed by atoms with van der Waals surface area (Å²) in [6.07, 6.45) is 3.24. The molecule has 0 amide bonds. The number of anilines is 1. The minimum Gasteiger partial charge on any atom is -0.363 e. The van der Waals surface area contributed by atoms with Gasteiger partial charge in [0, 0.05) is 23.3 Å². The van der Waals surface area contributed by atoms with E-state index in [-0.39, 0.29) is 11.1 Å². The first-order valence-corrected chi connectivity index (χ1v) is 5.08. The fraction of sp³-hybridized carbons (Fsp3) is 0.364. The van der Waals surface area contributed by atoms with Gasteiger partial charge < -0.3 is 5.32 Å². The van der Waals surface area contributed by atoms with Crippen molar-refractivity contribution >= 4 is 16.6 Å². The van der Waals surface area contributed by atoms with E-state index >= 15 is 0 Å². The van der Waals surface area contributed by atoms with E-state index in [2.05, 4.69) is 20.5 Å². The first kappa shape index (κ1) is 10.6. The van der Waals surface area contributed by atoms with Gasteiger partial charge in [-0.25, -0.2) is 5.10 Å². The highest BCUT2D eigenvalue weighted by Crippen LogP contribution is 2.19. The van der Waals surface area contributed by atoms with Crippen molar-refractivity contribution in [2.24, 2.45) is 0 Å². The Balaban J connectivity index is 2.64. The Morgan fingerprint density at radius 2 is 2.06 bits per heavy atom. The molecular weight excluding hydrogens is 204 g/mol. The monoisotopic (exact) mass is 218 g/mol. The van der Waals surface area contributed by atoms with E-state index in [4.69, 9.17) is 0 Å². The third-order valence-electron chi connectivity index (χ3n) is 2.08. The van der Waals surface area contributed by atoms with E-state index in [1.807, 2.05) is 20.8 Å². The molecular formula is C11H14N4O. The van der Waals surface area contributed by atoms with Gasteiger partial charge in [0.2, 0.25) is 0 Å². The zero-order chi connectivity index (χ0) is 11.8. The van der Waals surface area contributed by atoms with Crippen LogP contribution in [0.15, 0.2) is 23.3 Å². The van der Waals surface area contributed by atoms with E-state index in [1.54, 1.807) is 18.5 Å². The van der Waals surface area contributed by atoms with Crippen LogP contribution in [-0.4, -0.2) is 20.7 Å². The first-order valence-electron chi connectivity index (χ1n) is 5.08. The van der Waals surface area contributed by atoms with Crippen LogP contribution >= 0.6 is 0 Å². The number of pyridine rings is 1. The predicted octanol–water partition coefficient (Wildman–Crippen LogP) is 1.53. The van der Waals surface area contributed by atoms with Crippen LogP contribution in [0.25, 0.3) is 10.8 Å². The molecule has 5 nitrogen and oxygen atoms in total. The van der Waals surface area contributed by atoms with Crippen molar-refractivity contribution in [1.29, 1.82) is 0 Å². The van der Waals surface area contributed by atoms with Crippen LogP contribution in [0.2, 0.25) is 0 Å². The molecule has 0 radical (unpaired) electrons. The van der Waals surface area contributed by atoms with Crippen molar-refractivity contribution < 1.29 is 0 Å². The van der Waals surface area contributed by atoms with Gasteiger partial charge in [0.15, 0.2) is 5.82 Å². The van der Waals surface area contributed by atoms with Crippen LogP contribution in [0.3, 0.4) is 0 Å². The number of nitrogens with one attached hydrogen (secondary N) is 2. The van der Waals surface area contributed by atoms with E-state index in [0.717, 1.165) is 5.39 Å². The fourth-order valence-electron chi connectivity index (χ4n) is 1.46. The molecule has 2 aromatic rings. The van der Waals surface area contributed by atoms with E-state index in [1.165, 1.54) is 0 Å². The maximum absolute atomic E-state index is 11.5. The Hall–Kier alpha value is -1.91. The zero-order valence-electron chi connectivity index (χ0n) is 9.53. The highest BCUT2D eigenvalue weighted by Gasteiger charge is 2.13. The second kappa shape index (κ2) is 3.59. The lowest BCUT2D eigenvalue weighted by atomic mass is 10.1. The van der Waals surface area contributed by atoms with Crippen molar-refractivity contribution in [3.05, 3.63) is 28.8 Å². The predicted molar refractivity (Wildman–Crippen MR) is 63.5 cm³/mol. The van der Waals surface area contributed by atoms with Crippen molar-refractivity contribution in [1.82, 2.24) is 15.2 Å². The average Bonchev–Trinajstić information content (AvgIpc) is 2.21. The average molecular weight is 218 g/mol. The van der Waals surface area contributed by atoms with Crippen molar-refractivity contribution in [2.45, 2.75) is 26.3 Å². The standard InChI is InChI=1S/C11H14N4O/c1-11(2,3)13-9-8-6-12-5-4-7(8)10(16)15-14-9/h4-6H,1-3H3,(H,13,14)(H,15,16). The number of aromatic amines is 1. The molecule has 0 aromatic carbocycles. The summed E-state index contributed by atoms with van der Waals surface area (Å²) in [6, 6.07) is 1.68. The van der Waals surface area contributed by atoms with Gasteiger partial charge in [-0.2, -0.15) is 5.10 Å². The van der Waals surface area contributed by atoms with E-state index in [9.17, 15) is 4.79 Å². The Bertz CT molecular complexity index is 568. The van der Waals surface area contributed by atoms with E-state index < -0.39 is 0 Å². The molecule has 5 heteroatoms. The quantitative estimate of drug-likeness (QED) is 0.761. The first-order chi connectivity index (χ1) is 7.47. The fourth-order valence-corrected chi connectivity index (χ4v) is 1.46. The molecule has 0 aliphatic heterocycles. The normalized spacial score (nSPS) is 11.7. The molecule has 0 bridgehead atoms. The van der Waals surface area contributed by atoms with Crippen molar-refractivity contribution in [3.8, 4) is 0 Å². The summed E-state index contributed by atoms with van der Waals surface area (Å²) in [5.74, 6) is 0.648. The molecule has 0 unspecified atom stereocenters. The lowest BCUT2D eigenvalue weighted by molar-refractivity contribution is 0.629. The summed E-state index contributed by atoms with van der Waals surface area (Å²) in [5, 5.41) is 11.0. The largest absolute Gasteiger partial charge is 0.363 e. The number of fused-ring (bicyclic) bond motifs is 1. The molecule has 0 saturated carbocycles. The lowest BCUT2D eigenvalue weighted by Crippen LogP contribution is -2.28. The summed E-state index contributed by atoms with van der Waals surface area (Å²) in [7, 11) is 0. The van der Waals surface area contributed by atoms with Gasteiger partial charge in [-0.05, 0) is 26.8 Å². The molecule has 0 aliphatic rings. The van der Waals surface area contributed by atoms with Crippen LogP contribution < -0.4 is 10.9 Å². The molecule has 0 saturated heterocycles. The Morgan fingerprint density at radius 1 is 1.31 bits per heavy atom. The molecule has 2 rings (SSSR count). The lowest BCUT2D eigenvalue weighted by Gasteiger charge is -2.21. The number of nitrogens with zero attached hydrogens (tertiary/aromatic N) is 2. The number of hydrogen-bond donors (Lipinski definition) is 2. The molecule has 16 heavy (non-hydrogen) atoms. The molecule has 2 aromatic heterocycles. The van der Waals surface area contributed by atoms with Gasteiger partial charge in [-0.3, -0.25) is 9.78 Å². The highest BCUT2D eigenvalue weighted by molar-refractivity contribution is 5.90. The number of aromatic nitrogens is 3. The summed E-state index contributed by atoms with van der Waals surface area (Å²) >= 11 is 0. The van der Waals surface area contributed by atoms with Gasteiger partial charge in [-0.1, -0.05) is 0 Å². The molecule has 0 aliphatic carbocycles. The molecule has 0 spiro atoms. The summed E-state index contributed by atoms with van der Waals surface area (Å²) in [6.45, 7) is 6.09. The third-order valence-corrected chi connectivity index (χ3v) is 2.08. The smallest absolute Gasteiger partial charge is 0.272 e. The minimum absolute atomic E-state index is 0.117. The maximum atomic E-state index is 11.5. The van der Waals surface area contributed by atoms with Gasteiger partial charge in [-0.15, -0.1) is 0 Å². The summed E-state index contributed by atoms with van der Waals surface area (Å²) in [5.41, 5.74) is -0.314. The van der Waals surface area contributed by atoms with Gasteiger partial charge in [0.05, 0.1) is 5.39 Å². The van der Waals surface area contributed by atoms with Crippen LogP contribution in [0.5, 0.6) is 0 Å². The third kappa shape index (κ3) is 2.03. The Labute approximate surface area is 92.9 Å². The number of H-pyrrole nitrogens is 1. The van der Waals surface area contributed by atoms with Gasteiger partial charge in [0.25, 0.3) is 5.56 Å². The summed E-state index contributed by atoms with van der Waals surface area (Å²) in [4.78, 5) is 15.5. The van der Waals surface area contributed by atoms with Crippen LogP contribution in [0.1, 0.15) is 20.8 Å². The number of rotatable bonds is 1. The summed E-state index contributed by atoms with van der Waals surface area (Å²) < 4.78 is 0. The maximum Gasteiger partial charge on any atom is 0.272 e.